The number of carbonyl (C=O) groups excluding carboxylic acids is 1. The summed E-state index contributed by atoms with van der Waals surface area (Å²) in [6, 6.07) is 3.70. The van der Waals surface area contributed by atoms with Crippen LogP contribution in [0.1, 0.15) is 17.2 Å². The molecule has 0 saturated carbocycles. The lowest BCUT2D eigenvalue weighted by molar-refractivity contribution is -0.119. The molecule has 2 atom stereocenters. The number of nitrogens with zero attached hydrogens (tertiary/aromatic N) is 3. The van der Waals surface area contributed by atoms with Crippen LogP contribution < -0.4 is 10.6 Å². The predicted molar refractivity (Wildman–Crippen MR) is 94.4 cm³/mol. The molecule has 1 aliphatic heterocycles. The van der Waals surface area contributed by atoms with E-state index in [-0.39, 0.29) is 42.6 Å². The molecule has 0 bridgehead atoms. The van der Waals surface area contributed by atoms with Gasteiger partial charge >= 0.3 is 0 Å². The number of amides is 1. The first-order chi connectivity index (χ1) is 10.1. The van der Waals surface area contributed by atoms with E-state index in [9.17, 15) is 4.79 Å². The molecule has 1 aliphatic rings. The molecule has 2 aromatic rings. The van der Waals surface area contributed by atoms with E-state index >= 15 is 0 Å². The summed E-state index contributed by atoms with van der Waals surface area (Å²) in [4.78, 5) is 16.7. The van der Waals surface area contributed by atoms with E-state index in [1.807, 2.05) is 38.5 Å². The Kier molecular flexibility index (Phi) is 7.00. The van der Waals surface area contributed by atoms with Crippen molar-refractivity contribution < 1.29 is 4.79 Å². The molecule has 3 rings (SSSR count). The maximum absolute atomic E-state index is 12.6. The molecule has 126 valence electrons. The zero-order valence-electron chi connectivity index (χ0n) is 13.0. The number of aromatic nitrogens is 3. The topological polar surface area (TPSA) is 71.8 Å². The van der Waals surface area contributed by atoms with Crippen LogP contribution >= 0.6 is 24.8 Å². The Morgan fingerprint density at radius 2 is 2.17 bits per heavy atom. The number of carbonyl (C=O) groups is 1. The summed E-state index contributed by atoms with van der Waals surface area (Å²) in [6.07, 6.45) is 5.54. The molecule has 0 unspecified atom stereocenters. The van der Waals surface area contributed by atoms with Gasteiger partial charge in [0, 0.05) is 38.4 Å². The molecule has 1 amide bonds. The average molecular weight is 358 g/mol. The van der Waals surface area contributed by atoms with Crippen LogP contribution in [0.2, 0.25) is 0 Å². The highest BCUT2D eigenvalue weighted by atomic mass is 35.5. The summed E-state index contributed by atoms with van der Waals surface area (Å²) in [5.74, 6) is 0.106. The zero-order valence-corrected chi connectivity index (χ0v) is 14.7. The van der Waals surface area contributed by atoms with Crippen molar-refractivity contribution in [1.82, 2.24) is 20.1 Å². The molecular formula is C15H21Cl2N5O. The highest BCUT2D eigenvalue weighted by molar-refractivity contribution is 5.94. The third-order valence-electron chi connectivity index (χ3n) is 3.97. The monoisotopic (exact) mass is 357 g/mol. The lowest BCUT2D eigenvalue weighted by atomic mass is 9.90. The van der Waals surface area contributed by atoms with Gasteiger partial charge in [0.15, 0.2) is 0 Å². The summed E-state index contributed by atoms with van der Waals surface area (Å²) < 4.78 is 1.77. The number of aryl methyl sites for hydroxylation is 2. The number of rotatable bonds is 3. The van der Waals surface area contributed by atoms with Crippen LogP contribution in [0.4, 0.5) is 5.69 Å². The molecule has 8 heteroatoms. The zero-order chi connectivity index (χ0) is 14.8. The maximum Gasteiger partial charge on any atom is 0.229 e. The number of pyridine rings is 1. The van der Waals surface area contributed by atoms with E-state index in [0.717, 1.165) is 23.5 Å². The Morgan fingerprint density at radius 3 is 2.83 bits per heavy atom. The average Bonchev–Trinajstić information content (AvgIpc) is 3.09. The minimum atomic E-state index is -0.0891. The Morgan fingerprint density at radius 1 is 1.39 bits per heavy atom. The van der Waals surface area contributed by atoms with E-state index in [0.29, 0.717) is 6.54 Å². The van der Waals surface area contributed by atoms with Gasteiger partial charge in [-0.25, -0.2) is 0 Å². The lowest BCUT2D eigenvalue weighted by Gasteiger charge is -2.17. The van der Waals surface area contributed by atoms with Crippen LogP contribution in [0.15, 0.2) is 30.7 Å². The molecule has 2 N–H and O–H groups in total. The van der Waals surface area contributed by atoms with Gasteiger partial charge < -0.3 is 10.6 Å². The molecule has 0 aliphatic carbocycles. The van der Waals surface area contributed by atoms with Gasteiger partial charge in [0.25, 0.3) is 0 Å². The molecular weight excluding hydrogens is 337 g/mol. The number of hydrogen-bond acceptors (Lipinski definition) is 4. The SMILES string of the molecule is Cc1ncccc1NC(=O)[C@H]1CNC[C@@H]1c1cnn(C)c1.Cl.Cl. The fourth-order valence-electron chi connectivity index (χ4n) is 2.78. The fraction of sp³-hybridized carbons (Fsp3) is 0.400. The van der Waals surface area contributed by atoms with E-state index in [1.54, 1.807) is 10.9 Å². The van der Waals surface area contributed by atoms with Crippen LogP contribution in [0, 0.1) is 12.8 Å². The Balaban J connectivity index is 0.00000132. The standard InChI is InChI=1S/C15H19N5O.2ClH/c1-10-14(4-3-5-17-10)19-15(21)13-8-16-7-12(13)11-6-18-20(2)9-11;;/h3-6,9,12-13,16H,7-8H2,1-2H3,(H,19,21);2*1H/t12-,13+;;/m1../s1. The van der Waals surface area contributed by atoms with Crippen LogP contribution in [0.5, 0.6) is 0 Å². The van der Waals surface area contributed by atoms with Crippen molar-refractivity contribution in [1.29, 1.82) is 0 Å². The van der Waals surface area contributed by atoms with Crippen molar-refractivity contribution in [2.24, 2.45) is 13.0 Å². The van der Waals surface area contributed by atoms with Gasteiger partial charge in [0.2, 0.25) is 5.91 Å². The first-order valence-electron chi connectivity index (χ1n) is 7.07. The normalized spacial score (nSPS) is 19.6. The van der Waals surface area contributed by atoms with E-state index in [2.05, 4.69) is 20.7 Å². The van der Waals surface area contributed by atoms with Crippen molar-refractivity contribution in [3.63, 3.8) is 0 Å². The Hall–Kier alpha value is -1.63. The fourth-order valence-corrected chi connectivity index (χ4v) is 2.78. The minimum absolute atomic E-state index is 0. The lowest BCUT2D eigenvalue weighted by Crippen LogP contribution is -2.28. The molecule has 3 heterocycles. The molecule has 6 nitrogen and oxygen atoms in total. The molecule has 1 saturated heterocycles. The van der Waals surface area contributed by atoms with Crippen molar-refractivity contribution in [2.45, 2.75) is 12.8 Å². The third-order valence-corrected chi connectivity index (χ3v) is 3.97. The van der Waals surface area contributed by atoms with Gasteiger partial charge in [-0.05, 0) is 24.6 Å². The van der Waals surface area contributed by atoms with Crippen LogP contribution in [0.3, 0.4) is 0 Å². The van der Waals surface area contributed by atoms with Crippen molar-refractivity contribution >= 4 is 36.4 Å². The van der Waals surface area contributed by atoms with Crippen molar-refractivity contribution in [2.75, 3.05) is 18.4 Å². The Labute approximate surface area is 147 Å². The van der Waals surface area contributed by atoms with Crippen LogP contribution in [-0.4, -0.2) is 33.8 Å². The summed E-state index contributed by atoms with van der Waals surface area (Å²) in [7, 11) is 1.89. The van der Waals surface area contributed by atoms with Gasteiger partial charge in [-0.1, -0.05) is 0 Å². The van der Waals surface area contributed by atoms with Crippen LogP contribution in [0.25, 0.3) is 0 Å². The molecule has 1 fully saturated rings. The first kappa shape index (κ1) is 19.4. The second kappa shape index (κ2) is 8.29. The molecule has 0 radical (unpaired) electrons. The smallest absolute Gasteiger partial charge is 0.229 e. The number of anilines is 1. The van der Waals surface area contributed by atoms with Gasteiger partial charge in [-0.15, -0.1) is 24.8 Å². The first-order valence-corrected chi connectivity index (χ1v) is 7.07. The quantitative estimate of drug-likeness (QED) is 0.879. The number of halogens is 2. The van der Waals surface area contributed by atoms with E-state index < -0.39 is 0 Å². The minimum Gasteiger partial charge on any atom is -0.324 e. The second-order valence-corrected chi connectivity index (χ2v) is 5.44. The summed E-state index contributed by atoms with van der Waals surface area (Å²) >= 11 is 0. The number of hydrogen-bond donors (Lipinski definition) is 2. The molecule has 0 aromatic carbocycles. The highest BCUT2D eigenvalue weighted by Gasteiger charge is 2.34. The second-order valence-electron chi connectivity index (χ2n) is 5.44. The summed E-state index contributed by atoms with van der Waals surface area (Å²) in [5, 5.41) is 10.5. The predicted octanol–water partition coefficient (Wildman–Crippen LogP) is 1.91. The Bertz CT molecular complexity index is 661. The molecule has 2 aromatic heterocycles. The van der Waals surface area contributed by atoms with Gasteiger partial charge in [-0.2, -0.15) is 5.10 Å². The van der Waals surface area contributed by atoms with Gasteiger partial charge in [0.1, 0.15) is 0 Å². The molecule has 23 heavy (non-hydrogen) atoms. The summed E-state index contributed by atoms with van der Waals surface area (Å²) in [5.41, 5.74) is 2.71. The van der Waals surface area contributed by atoms with Crippen molar-refractivity contribution in [3.8, 4) is 0 Å². The largest absolute Gasteiger partial charge is 0.324 e. The number of nitrogens with one attached hydrogen (secondary N) is 2. The molecule has 0 spiro atoms. The van der Waals surface area contributed by atoms with Gasteiger partial charge in [-0.3, -0.25) is 14.5 Å². The maximum atomic E-state index is 12.6. The van der Waals surface area contributed by atoms with Gasteiger partial charge in [0.05, 0.1) is 23.5 Å². The van der Waals surface area contributed by atoms with E-state index in [1.165, 1.54) is 0 Å². The van der Waals surface area contributed by atoms with Crippen LogP contribution in [-0.2, 0) is 11.8 Å². The van der Waals surface area contributed by atoms with Crippen molar-refractivity contribution in [3.05, 3.63) is 42.0 Å². The van der Waals surface area contributed by atoms with E-state index in [4.69, 9.17) is 0 Å². The highest BCUT2D eigenvalue weighted by Crippen LogP contribution is 2.29. The third kappa shape index (κ3) is 4.22. The summed E-state index contributed by atoms with van der Waals surface area (Å²) in [6.45, 7) is 3.38.